The maximum absolute atomic E-state index is 9.64. The van der Waals surface area contributed by atoms with Gasteiger partial charge in [-0.1, -0.05) is 31.9 Å². The second kappa shape index (κ2) is 6.38. The van der Waals surface area contributed by atoms with E-state index in [0.29, 0.717) is 6.42 Å². The van der Waals surface area contributed by atoms with Crippen molar-refractivity contribution in [3.63, 3.8) is 0 Å². The fourth-order valence-corrected chi connectivity index (χ4v) is 1.23. The summed E-state index contributed by atoms with van der Waals surface area (Å²) in [7, 11) is 0. The molecule has 0 bridgehead atoms. The summed E-state index contributed by atoms with van der Waals surface area (Å²) in [6.45, 7) is 2.17. The predicted octanol–water partition coefficient (Wildman–Crippen LogP) is 2.51. The number of hydrogen-bond donors (Lipinski definition) is 1. The molecule has 3 nitrogen and oxygen atoms in total. The van der Waals surface area contributed by atoms with Gasteiger partial charge in [-0.05, 0) is 6.42 Å². The van der Waals surface area contributed by atoms with E-state index in [1.54, 1.807) is 23.3 Å². The number of nitrogens with zero attached hydrogens (tertiary/aromatic N) is 2. The minimum atomic E-state index is -0.477. The van der Waals surface area contributed by atoms with Crippen molar-refractivity contribution >= 4 is 0 Å². The maximum atomic E-state index is 9.64. The molecule has 0 fully saturated rings. The van der Waals surface area contributed by atoms with Gasteiger partial charge in [0.05, 0.1) is 6.33 Å². The molecule has 1 unspecified atom stereocenters. The van der Waals surface area contributed by atoms with E-state index in [-0.39, 0.29) is 0 Å². The van der Waals surface area contributed by atoms with E-state index in [1.165, 1.54) is 12.8 Å². The Balaban J connectivity index is 2.21. The van der Waals surface area contributed by atoms with Crippen LogP contribution in [0, 0.1) is 0 Å². The van der Waals surface area contributed by atoms with Gasteiger partial charge in [0.25, 0.3) is 0 Å². The van der Waals surface area contributed by atoms with Gasteiger partial charge in [0, 0.05) is 18.8 Å². The van der Waals surface area contributed by atoms with Crippen LogP contribution in [0.3, 0.4) is 0 Å². The Hall–Kier alpha value is -1.09. The summed E-state index contributed by atoms with van der Waals surface area (Å²) in [5, 5.41) is 9.64. The first kappa shape index (κ1) is 11.0. The molecular formula is C11H18N2O. The monoisotopic (exact) mass is 194 g/mol. The van der Waals surface area contributed by atoms with Crippen LogP contribution in [0.25, 0.3) is 0 Å². The Bertz CT molecular complexity index is 254. The molecule has 0 saturated heterocycles. The van der Waals surface area contributed by atoms with Crippen LogP contribution in [0.2, 0.25) is 0 Å². The summed E-state index contributed by atoms with van der Waals surface area (Å²) in [5.74, 6) is 0. The second-order valence-electron chi connectivity index (χ2n) is 3.34. The SMILES string of the molecule is CCCCC=CCC(O)n1ccnc1. The van der Waals surface area contributed by atoms with E-state index in [2.05, 4.69) is 18.0 Å². The first-order chi connectivity index (χ1) is 6.84. The Morgan fingerprint density at radius 1 is 1.50 bits per heavy atom. The van der Waals surface area contributed by atoms with E-state index in [9.17, 15) is 5.11 Å². The third kappa shape index (κ3) is 3.75. The van der Waals surface area contributed by atoms with Crippen LogP contribution in [0.1, 0.15) is 38.8 Å². The molecule has 1 atom stereocenters. The summed E-state index contributed by atoms with van der Waals surface area (Å²) < 4.78 is 1.70. The lowest BCUT2D eigenvalue weighted by molar-refractivity contribution is 0.107. The molecule has 0 radical (unpaired) electrons. The number of aliphatic hydroxyl groups excluding tert-OH is 1. The maximum Gasteiger partial charge on any atom is 0.135 e. The molecule has 1 heterocycles. The number of allylic oxidation sites excluding steroid dienone is 1. The van der Waals surface area contributed by atoms with Gasteiger partial charge in [-0.2, -0.15) is 0 Å². The highest BCUT2D eigenvalue weighted by Crippen LogP contribution is 2.07. The molecule has 78 valence electrons. The number of rotatable bonds is 6. The molecule has 0 amide bonds. The number of aromatic nitrogens is 2. The zero-order chi connectivity index (χ0) is 10.2. The third-order valence-electron chi connectivity index (χ3n) is 2.11. The molecule has 1 N–H and O–H groups in total. The number of hydrogen-bond acceptors (Lipinski definition) is 2. The molecule has 1 aromatic heterocycles. The lowest BCUT2D eigenvalue weighted by atomic mass is 10.2. The summed E-state index contributed by atoms with van der Waals surface area (Å²) in [6.07, 6.45) is 12.9. The Morgan fingerprint density at radius 2 is 2.36 bits per heavy atom. The zero-order valence-corrected chi connectivity index (χ0v) is 8.63. The molecule has 0 aliphatic heterocycles. The molecule has 0 aliphatic rings. The standard InChI is InChI=1S/C11H18N2O/c1-2-3-4-5-6-7-11(14)13-9-8-12-10-13/h5-6,8-11,14H,2-4,7H2,1H3. The van der Waals surface area contributed by atoms with Gasteiger partial charge in [-0.15, -0.1) is 0 Å². The summed E-state index contributed by atoms with van der Waals surface area (Å²) in [6, 6.07) is 0. The van der Waals surface area contributed by atoms with Crippen LogP contribution in [0.4, 0.5) is 0 Å². The van der Waals surface area contributed by atoms with Crippen molar-refractivity contribution in [2.75, 3.05) is 0 Å². The van der Waals surface area contributed by atoms with E-state index in [4.69, 9.17) is 0 Å². The number of unbranched alkanes of at least 4 members (excludes halogenated alkanes) is 2. The smallest absolute Gasteiger partial charge is 0.135 e. The quantitative estimate of drug-likeness (QED) is 0.558. The summed E-state index contributed by atoms with van der Waals surface area (Å²) in [4.78, 5) is 3.88. The largest absolute Gasteiger partial charge is 0.373 e. The molecule has 3 heteroatoms. The number of aliphatic hydroxyl groups is 1. The van der Waals surface area contributed by atoms with Crippen LogP contribution >= 0.6 is 0 Å². The molecule has 0 saturated carbocycles. The van der Waals surface area contributed by atoms with Gasteiger partial charge >= 0.3 is 0 Å². The normalized spacial score (nSPS) is 13.6. The van der Waals surface area contributed by atoms with Crippen LogP contribution in [-0.2, 0) is 0 Å². The van der Waals surface area contributed by atoms with E-state index >= 15 is 0 Å². The van der Waals surface area contributed by atoms with Gasteiger partial charge in [0.2, 0.25) is 0 Å². The third-order valence-corrected chi connectivity index (χ3v) is 2.11. The Kier molecular flexibility index (Phi) is 5.00. The van der Waals surface area contributed by atoms with Gasteiger partial charge in [-0.25, -0.2) is 4.98 Å². The van der Waals surface area contributed by atoms with Gasteiger partial charge in [0.1, 0.15) is 6.23 Å². The van der Waals surface area contributed by atoms with Crippen molar-refractivity contribution in [2.24, 2.45) is 0 Å². The predicted molar refractivity (Wildman–Crippen MR) is 56.8 cm³/mol. The van der Waals surface area contributed by atoms with Gasteiger partial charge in [-0.3, -0.25) is 0 Å². The fourth-order valence-electron chi connectivity index (χ4n) is 1.23. The van der Waals surface area contributed by atoms with Crippen molar-refractivity contribution in [3.8, 4) is 0 Å². The molecule has 1 rings (SSSR count). The first-order valence-corrected chi connectivity index (χ1v) is 5.15. The van der Waals surface area contributed by atoms with Crippen LogP contribution < -0.4 is 0 Å². The highest BCUT2D eigenvalue weighted by atomic mass is 16.3. The highest BCUT2D eigenvalue weighted by molar-refractivity contribution is 4.85. The van der Waals surface area contributed by atoms with E-state index < -0.39 is 6.23 Å². The van der Waals surface area contributed by atoms with Crippen molar-refractivity contribution < 1.29 is 5.11 Å². The molecule has 0 aliphatic carbocycles. The van der Waals surface area contributed by atoms with Crippen molar-refractivity contribution in [2.45, 2.75) is 38.8 Å². The van der Waals surface area contributed by atoms with Gasteiger partial charge in [0.15, 0.2) is 0 Å². The topological polar surface area (TPSA) is 38.0 Å². The average Bonchev–Trinajstić information content (AvgIpc) is 2.70. The zero-order valence-electron chi connectivity index (χ0n) is 8.63. The lowest BCUT2D eigenvalue weighted by Crippen LogP contribution is -2.03. The molecular weight excluding hydrogens is 176 g/mol. The van der Waals surface area contributed by atoms with Crippen molar-refractivity contribution in [3.05, 3.63) is 30.9 Å². The molecule has 0 aromatic carbocycles. The Morgan fingerprint density at radius 3 is 3.00 bits per heavy atom. The van der Waals surface area contributed by atoms with Crippen molar-refractivity contribution in [1.82, 2.24) is 9.55 Å². The van der Waals surface area contributed by atoms with Gasteiger partial charge < -0.3 is 9.67 Å². The Labute approximate surface area is 85.1 Å². The average molecular weight is 194 g/mol. The second-order valence-corrected chi connectivity index (χ2v) is 3.34. The van der Waals surface area contributed by atoms with Crippen LogP contribution in [0.5, 0.6) is 0 Å². The van der Waals surface area contributed by atoms with Crippen molar-refractivity contribution in [1.29, 1.82) is 0 Å². The number of imidazole rings is 1. The van der Waals surface area contributed by atoms with Crippen LogP contribution in [-0.4, -0.2) is 14.7 Å². The fraction of sp³-hybridized carbons (Fsp3) is 0.545. The highest BCUT2D eigenvalue weighted by Gasteiger charge is 2.01. The lowest BCUT2D eigenvalue weighted by Gasteiger charge is -2.08. The molecule has 14 heavy (non-hydrogen) atoms. The summed E-state index contributed by atoms with van der Waals surface area (Å²) >= 11 is 0. The first-order valence-electron chi connectivity index (χ1n) is 5.15. The van der Waals surface area contributed by atoms with Crippen LogP contribution in [0.15, 0.2) is 30.9 Å². The van der Waals surface area contributed by atoms with E-state index in [1.807, 2.05) is 6.08 Å². The minimum absolute atomic E-state index is 0.477. The van der Waals surface area contributed by atoms with E-state index in [0.717, 1.165) is 6.42 Å². The molecule has 0 spiro atoms. The minimum Gasteiger partial charge on any atom is -0.373 e. The summed E-state index contributed by atoms with van der Waals surface area (Å²) in [5.41, 5.74) is 0. The molecule has 1 aromatic rings.